The zero-order valence-corrected chi connectivity index (χ0v) is 13.1. The molecule has 2 heteroatoms. The first-order chi connectivity index (χ1) is 8.59. The summed E-state index contributed by atoms with van der Waals surface area (Å²) >= 11 is 0. The van der Waals surface area contributed by atoms with Gasteiger partial charge in [0.25, 0.3) is 0 Å². The van der Waals surface area contributed by atoms with Crippen LogP contribution in [-0.2, 0) is 0 Å². The Bertz CT molecular complexity index is 217. The van der Waals surface area contributed by atoms with Gasteiger partial charge in [-0.25, -0.2) is 0 Å². The smallest absolute Gasteiger partial charge is 0.00474 e. The molecule has 18 heavy (non-hydrogen) atoms. The van der Waals surface area contributed by atoms with Crippen molar-refractivity contribution in [2.24, 2.45) is 11.3 Å². The van der Waals surface area contributed by atoms with Gasteiger partial charge in [0.2, 0.25) is 0 Å². The maximum Gasteiger partial charge on any atom is 0.00474 e. The first-order valence-electron chi connectivity index (χ1n) is 8.02. The van der Waals surface area contributed by atoms with E-state index in [4.69, 9.17) is 0 Å². The summed E-state index contributed by atoms with van der Waals surface area (Å²) in [6.45, 7) is 15.7. The number of nitrogens with zero attached hydrogens (tertiary/aromatic N) is 1. The molecule has 1 aliphatic heterocycles. The van der Waals surface area contributed by atoms with Crippen molar-refractivity contribution in [2.75, 3.05) is 32.7 Å². The molecule has 1 heterocycles. The second-order valence-electron chi connectivity index (χ2n) is 6.65. The molecule has 0 aliphatic carbocycles. The van der Waals surface area contributed by atoms with Crippen LogP contribution in [-0.4, -0.2) is 37.6 Å². The summed E-state index contributed by atoms with van der Waals surface area (Å²) in [6.07, 6.45) is 6.72. The number of hydrogen-bond acceptors (Lipinski definition) is 2. The Hall–Kier alpha value is -0.0800. The molecule has 1 N–H and O–H groups in total. The van der Waals surface area contributed by atoms with Crippen LogP contribution in [0.15, 0.2) is 0 Å². The minimum Gasteiger partial charge on any atom is -0.316 e. The van der Waals surface area contributed by atoms with Gasteiger partial charge in [0.1, 0.15) is 0 Å². The third-order valence-electron chi connectivity index (χ3n) is 4.55. The lowest BCUT2D eigenvalue weighted by atomic mass is 9.86. The molecule has 2 unspecified atom stereocenters. The van der Waals surface area contributed by atoms with Crippen LogP contribution in [0, 0.1) is 11.3 Å². The molecule has 1 aliphatic rings. The van der Waals surface area contributed by atoms with E-state index in [1.165, 1.54) is 58.3 Å². The quantitative estimate of drug-likeness (QED) is 0.699. The largest absolute Gasteiger partial charge is 0.316 e. The standard InChI is InChI=1S/C16H34N2/c1-5-10-17-13-16(4,6-2)14-18-11-7-8-15(3)9-12-18/h15,17H,5-14H2,1-4H3. The van der Waals surface area contributed by atoms with Gasteiger partial charge >= 0.3 is 0 Å². The lowest BCUT2D eigenvalue weighted by molar-refractivity contribution is 0.158. The van der Waals surface area contributed by atoms with Gasteiger partial charge < -0.3 is 10.2 Å². The average molecular weight is 254 g/mol. The van der Waals surface area contributed by atoms with E-state index in [9.17, 15) is 0 Å². The van der Waals surface area contributed by atoms with Gasteiger partial charge in [-0.2, -0.15) is 0 Å². The molecule has 2 atom stereocenters. The summed E-state index contributed by atoms with van der Waals surface area (Å²) in [7, 11) is 0. The summed E-state index contributed by atoms with van der Waals surface area (Å²) in [5.41, 5.74) is 0.447. The van der Waals surface area contributed by atoms with E-state index in [0.717, 1.165) is 12.5 Å². The first-order valence-corrected chi connectivity index (χ1v) is 8.02. The van der Waals surface area contributed by atoms with E-state index in [0.29, 0.717) is 5.41 Å². The highest BCUT2D eigenvalue weighted by Gasteiger charge is 2.26. The van der Waals surface area contributed by atoms with E-state index in [-0.39, 0.29) is 0 Å². The predicted molar refractivity (Wildman–Crippen MR) is 81.0 cm³/mol. The third kappa shape index (κ3) is 5.71. The van der Waals surface area contributed by atoms with Crippen LogP contribution in [0.2, 0.25) is 0 Å². The van der Waals surface area contributed by atoms with Gasteiger partial charge in [-0.1, -0.05) is 27.7 Å². The highest BCUT2D eigenvalue weighted by Crippen LogP contribution is 2.24. The molecule has 1 rings (SSSR count). The van der Waals surface area contributed by atoms with Crippen molar-refractivity contribution in [3.8, 4) is 0 Å². The Morgan fingerprint density at radius 3 is 2.67 bits per heavy atom. The SMILES string of the molecule is CCCNCC(C)(CC)CN1CCCC(C)CC1. The average Bonchev–Trinajstić information content (AvgIpc) is 2.55. The van der Waals surface area contributed by atoms with Crippen LogP contribution < -0.4 is 5.32 Å². The van der Waals surface area contributed by atoms with Crippen LogP contribution >= 0.6 is 0 Å². The molecule has 0 saturated carbocycles. The zero-order chi connectivity index (χ0) is 13.4. The van der Waals surface area contributed by atoms with Gasteiger partial charge in [-0.15, -0.1) is 0 Å². The van der Waals surface area contributed by atoms with Crippen molar-refractivity contribution in [3.63, 3.8) is 0 Å². The summed E-state index contributed by atoms with van der Waals surface area (Å²) in [6, 6.07) is 0. The van der Waals surface area contributed by atoms with Crippen LogP contribution in [0.5, 0.6) is 0 Å². The molecule has 108 valence electrons. The Kier molecular flexibility index (Phi) is 7.25. The summed E-state index contributed by atoms with van der Waals surface area (Å²) in [5, 5.41) is 3.61. The molecule has 0 radical (unpaired) electrons. The minimum absolute atomic E-state index is 0.447. The van der Waals surface area contributed by atoms with Gasteiger partial charge in [-0.3, -0.25) is 0 Å². The maximum absolute atomic E-state index is 3.61. The zero-order valence-electron chi connectivity index (χ0n) is 13.1. The van der Waals surface area contributed by atoms with Crippen LogP contribution in [0.4, 0.5) is 0 Å². The summed E-state index contributed by atoms with van der Waals surface area (Å²) in [5.74, 6) is 0.932. The van der Waals surface area contributed by atoms with Gasteiger partial charge in [-0.05, 0) is 63.1 Å². The fourth-order valence-electron chi connectivity index (χ4n) is 2.88. The first kappa shape index (κ1) is 16.0. The van der Waals surface area contributed by atoms with Gasteiger partial charge in [0.05, 0.1) is 0 Å². The molecule has 1 saturated heterocycles. The molecule has 0 spiro atoms. The van der Waals surface area contributed by atoms with Crippen LogP contribution in [0.1, 0.15) is 59.8 Å². The lowest BCUT2D eigenvalue weighted by Gasteiger charge is -2.35. The molecule has 0 aromatic carbocycles. The van der Waals surface area contributed by atoms with Crippen LogP contribution in [0.3, 0.4) is 0 Å². The fraction of sp³-hybridized carbons (Fsp3) is 1.00. The number of nitrogens with one attached hydrogen (secondary N) is 1. The van der Waals surface area contributed by atoms with Crippen molar-refractivity contribution in [3.05, 3.63) is 0 Å². The Labute approximate surface area is 115 Å². The van der Waals surface area contributed by atoms with E-state index in [1.807, 2.05) is 0 Å². The molecule has 1 fully saturated rings. The predicted octanol–water partition coefficient (Wildman–Crippen LogP) is 3.52. The second-order valence-corrected chi connectivity index (χ2v) is 6.65. The molecule has 0 aromatic rings. The highest BCUT2D eigenvalue weighted by molar-refractivity contribution is 4.81. The fourth-order valence-corrected chi connectivity index (χ4v) is 2.88. The monoisotopic (exact) mass is 254 g/mol. The van der Waals surface area contributed by atoms with Crippen molar-refractivity contribution in [1.29, 1.82) is 0 Å². The van der Waals surface area contributed by atoms with Crippen molar-refractivity contribution in [1.82, 2.24) is 10.2 Å². The van der Waals surface area contributed by atoms with E-state index < -0.39 is 0 Å². The molecule has 0 amide bonds. The molecular weight excluding hydrogens is 220 g/mol. The van der Waals surface area contributed by atoms with Crippen LogP contribution in [0.25, 0.3) is 0 Å². The van der Waals surface area contributed by atoms with Crippen molar-refractivity contribution < 1.29 is 0 Å². The molecular formula is C16H34N2. The van der Waals surface area contributed by atoms with Gasteiger partial charge in [0, 0.05) is 13.1 Å². The van der Waals surface area contributed by atoms with Crippen molar-refractivity contribution in [2.45, 2.75) is 59.8 Å². The number of rotatable bonds is 7. The van der Waals surface area contributed by atoms with E-state index in [1.54, 1.807) is 0 Å². The Balaban J connectivity index is 2.40. The normalized spacial score (nSPS) is 25.7. The van der Waals surface area contributed by atoms with Crippen molar-refractivity contribution >= 4 is 0 Å². The number of likely N-dealkylation sites (tertiary alicyclic amines) is 1. The Morgan fingerprint density at radius 1 is 1.22 bits per heavy atom. The second kappa shape index (κ2) is 8.16. The summed E-state index contributed by atoms with van der Waals surface area (Å²) < 4.78 is 0. The molecule has 2 nitrogen and oxygen atoms in total. The molecule has 0 bridgehead atoms. The number of hydrogen-bond donors (Lipinski definition) is 1. The maximum atomic E-state index is 3.61. The van der Waals surface area contributed by atoms with E-state index in [2.05, 4.69) is 37.9 Å². The third-order valence-corrected chi connectivity index (χ3v) is 4.55. The topological polar surface area (TPSA) is 15.3 Å². The highest BCUT2D eigenvalue weighted by atomic mass is 15.1. The lowest BCUT2D eigenvalue weighted by Crippen LogP contribution is -2.42. The minimum atomic E-state index is 0.447. The molecule has 0 aromatic heterocycles. The summed E-state index contributed by atoms with van der Waals surface area (Å²) in [4.78, 5) is 2.71. The van der Waals surface area contributed by atoms with Gasteiger partial charge in [0.15, 0.2) is 0 Å². The van der Waals surface area contributed by atoms with E-state index >= 15 is 0 Å². The Morgan fingerprint density at radius 2 is 2.00 bits per heavy atom.